The van der Waals surface area contributed by atoms with Gasteiger partial charge in [-0.25, -0.2) is 0 Å². The molecule has 1 aliphatic rings. The number of hydrogen-bond acceptors (Lipinski definition) is 5. The smallest absolute Gasteiger partial charge is 0.204 e. The van der Waals surface area contributed by atoms with E-state index in [0.717, 1.165) is 28.6 Å². The van der Waals surface area contributed by atoms with Gasteiger partial charge in [-0.1, -0.05) is 11.6 Å². The van der Waals surface area contributed by atoms with Crippen molar-refractivity contribution in [1.29, 1.82) is 0 Å². The van der Waals surface area contributed by atoms with Gasteiger partial charge in [0.05, 0.1) is 56.2 Å². The molecule has 0 saturated carbocycles. The first-order chi connectivity index (χ1) is 10.2. The molecule has 0 aliphatic carbocycles. The van der Waals surface area contributed by atoms with E-state index in [1.807, 2.05) is 6.07 Å². The Balaban J connectivity index is 2.40. The summed E-state index contributed by atoms with van der Waals surface area (Å²) in [5, 5.41) is 1.33. The SMILES string of the molecule is COc1cc2nc3c(c(Cl)c2c(OC)c1OC)COCC3. The van der Waals surface area contributed by atoms with Gasteiger partial charge in [0.15, 0.2) is 11.5 Å². The number of aromatic nitrogens is 1. The molecule has 5 nitrogen and oxygen atoms in total. The van der Waals surface area contributed by atoms with Crippen molar-refractivity contribution in [2.75, 3.05) is 27.9 Å². The molecule has 3 rings (SSSR count). The summed E-state index contributed by atoms with van der Waals surface area (Å²) in [6, 6.07) is 1.82. The first kappa shape index (κ1) is 14.2. The lowest BCUT2D eigenvalue weighted by molar-refractivity contribution is 0.109. The van der Waals surface area contributed by atoms with Crippen molar-refractivity contribution in [2.45, 2.75) is 13.0 Å². The molecule has 112 valence electrons. The molecule has 6 heteroatoms. The van der Waals surface area contributed by atoms with E-state index in [9.17, 15) is 0 Å². The summed E-state index contributed by atoms with van der Waals surface area (Å²) in [5.74, 6) is 1.60. The lowest BCUT2D eigenvalue weighted by Gasteiger charge is -2.21. The van der Waals surface area contributed by atoms with E-state index in [4.69, 9.17) is 30.5 Å². The highest BCUT2D eigenvalue weighted by atomic mass is 35.5. The lowest BCUT2D eigenvalue weighted by atomic mass is 10.0. The van der Waals surface area contributed by atoms with Crippen LogP contribution in [-0.4, -0.2) is 32.9 Å². The maximum atomic E-state index is 6.57. The van der Waals surface area contributed by atoms with Crippen molar-refractivity contribution < 1.29 is 18.9 Å². The van der Waals surface area contributed by atoms with Crippen LogP contribution in [0.15, 0.2) is 6.07 Å². The molecule has 0 spiro atoms. The van der Waals surface area contributed by atoms with Crippen LogP contribution in [-0.2, 0) is 17.8 Å². The first-order valence-electron chi connectivity index (χ1n) is 6.59. The van der Waals surface area contributed by atoms with Crippen molar-refractivity contribution in [2.24, 2.45) is 0 Å². The maximum Gasteiger partial charge on any atom is 0.204 e. The number of nitrogens with zero attached hydrogens (tertiary/aromatic N) is 1. The number of hydrogen-bond donors (Lipinski definition) is 0. The average molecular weight is 310 g/mol. The maximum absolute atomic E-state index is 6.57. The molecule has 1 aromatic heterocycles. The third-order valence-corrected chi connectivity index (χ3v) is 4.04. The highest BCUT2D eigenvalue weighted by Gasteiger charge is 2.24. The number of pyridine rings is 1. The summed E-state index contributed by atoms with van der Waals surface area (Å²) >= 11 is 6.57. The van der Waals surface area contributed by atoms with Crippen molar-refractivity contribution in [3.05, 3.63) is 22.3 Å². The predicted octanol–water partition coefficient (Wildman–Crippen LogP) is 2.99. The van der Waals surface area contributed by atoms with Gasteiger partial charge in [-0.15, -0.1) is 0 Å². The second kappa shape index (κ2) is 5.58. The first-order valence-corrected chi connectivity index (χ1v) is 6.96. The molecule has 0 atom stereocenters. The zero-order valence-corrected chi connectivity index (χ0v) is 12.9. The van der Waals surface area contributed by atoms with Crippen molar-refractivity contribution in [3.63, 3.8) is 0 Å². The third kappa shape index (κ3) is 2.17. The van der Waals surface area contributed by atoms with Crippen LogP contribution >= 0.6 is 11.6 Å². The molecule has 0 bridgehead atoms. The molecule has 0 unspecified atom stereocenters. The van der Waals surface area contributed by atoms with E-state index in [1.54, 1.807) is 21.3 Å². The van der Waals surface area contributed by atoms with Crippen LogP contribution in [0.1, 0.15) is 11.3 Å². The molecule has 2 heterocycles. The van der Waals surface area contributed by atoms with Gasteiger partial charge in [-0.3, -0.25) is 4.98 Å². The molecular weight excluding hydrogens is 294 g/mol. The average Bonchev–Trinajstić information content (AvgIpc) is 2.53. The van der Waals surface area contributed by atoms with E-state index in [0.29, 0.717) is 35.5 Å². The molecule has 0 fully saturated rings. The van der Waals surface area contributed by atoms with Crippen LogP contribution in [0.2, 0.25) is 5.02 Å². The largest absolute Gasteiger partial charge is 0.493 e. The van der Waals surface area contributed by atoms with Gasteiger partial charge in [0.25, 0.3) is 0 Å². The van der Waals surface area contributed by atoms with Gasteiger partial charge in [0, 0.05) is 18.1 Å². The number of fused-ring (bicyclic) bond motifs is 2. The minimum atomic E-state index is 0.467. The van der Waals surface area contributed by atoms with E-state index >= 15 is 0 Å². The van der Waals surface area contributed by atoms with Crippen LogP contribution in [0.5, 0.6) is 17.2 Å². The molecule has 21 heavy (non-hydrogen) atoms. The van der Waals surface area contributed by atoms with Crippen LogP contribution in [0.25, 0.3) is 10.9 Å². The Bertz CT molecular complexity index is 697. The fourth-order valence-electron chi connectivity index (χ4n) is 2.63. The van der Waals surface area contributed by atoms with Gasteiger partial charge in [0.1, 0.15) is 0 Å². The Morgan fingerprint density at radius 1 is 1.14 bits per heavy atom. The van der Waals surface area contributed by atoms with E-state index in [1.165, 1.54) is 0 Å². The molecule has 0 N–H and O–H groups in total. The molecule has 0 radical (unpaired) electrons. The second-order valence-electron chi connectivity index (χ2n) is 4.69. The molecular formula is C15H16ClNO4. The summed E-state index contributed by atoms with van der Waals surface area (Å²) in [5.41, 5.74) is 2.61. The monoisotopic (exact) mass is 309 g/mol. The Morgan fingerprint density at radius 2 is 1.90 bits per heavy atom. The summed E-state index contributed by atoms with van der Waals surface area (Å²) in [6.45, 7) is 1.13. The summed E-state index contributed by atoms with van der Waals surface area (Å²) < 4.78 is 21.7. The Labute approximate surface area is 127 Å². The van der Waals surface area contributed by atoms with Crippen LogP contribution in [0.4, 0.5) is 0 Å². The molecule has 1 aliphatic heterocycles. The minimum absolute atomic E-state index is 0.467. The van der Waals surface area contributed by atoms with Gasteiger partial charge in [-0.2, -0.15) is 0 Å². The normalized spacial score (nSPS) is 13.9. The Morgan fingerprint density at radius 3 is 2.57 bits per heavy atom. The van der Waals surface area contributed by atoms with Gasteiger partial charge in [0.2, 0.25) is 5.75 Å². The van der Waals surface area contributed by atoms with Gasteiger partial charge >= 0.3 is 0 Å². The van der Waals surface area contributed by atoms with Gasteiger partial charge in [-0.05, 0) is 0 Å². The van der Waals surface area contributed by atoms with Crippen LogP contribution < -0.4 is 14.2 Å². The number of rotatable bonds is 3. The molecule has 0 saturated heterocycles. The van der Waals surface area contributed by atoms with E-state index < -0.39 is 0 Å². The predicted molar refractivity (Wildman–Crippen MR) is 79.8 cm³/mol. The van der Waals surface area contributed by atoms with E-state index in [2.05, 4.69) is 4.98 Å². The van der Waals surface area contributed by atoms with Crippen molar-refractivity contribution >= 4 is 22.5 Å². The summed E-state index contributed by atoms with van der Waals surface area (Å²) in [6.07, 6.45) is 0.752. The van der Waals surface area contributed by atoms with E-state index in [-0.39, 0.29) is 0 Å². The standard InChI is InChI=1S/C15H16ClNO4/c1-18-11-6-10-12(15(20-3)14(11)19-2)13(16)8-7-21-5-4-9(8)17-10/h6H,4-5,7H2,1-3H3. The number of benzene rings is 1. The summed E-state index contributed by atoms with van der Waals surface area (Å²) in [7, 11) is 4.72. The van der Waals surface area contributed by atoms with Crippen LogP contribution in [0, 0.1) is 0 Å². The van der Waals surface area contributed by atoms with Crippen LogP contribution in [0.3, 0.4) is 0 Å². The quantitative estimate of drug-likeness (QED) is 0.872. The summed E-state index contributed by atoms with van der Waals surface area (Å²) in [4.78, 5) is 4.69. The highest BCUT2D eigenvalue weighted by molar-refractivity contribution is 6.37. The number of halogens is 1. The zero-order valence-electron chi connectivity index (χ0n) is 12.2. The lowest BCUT2D eigenvalue weighted by Crippen LogP contribution is -2.13. The fourth-order valence-corrected chi connectivity index (χ4v) is 2.98. The second-order valence-corrected chi connectivity index (χ2v) is 5.07. The Hall–Kier alpha value is -1.72. The highest BCUT2D eigenvalue weighted by Crippen LogP contribution is 2.46. The molecule has 0 amide bonds. The van der Waals surface area contributed by atoms with Crippen molar-refractivity contribution in [1.82, 2.24) is 4.98 Å². The molecule has 1 aromatic carbocycles. The Kier molecular flexibility index (Phi) is 3.78. The van der Waals surface area contributed by atoms with Gasteiger partial charge < -0.3 is 18.9 Å². The molecule has 2 aromatic rings. The number of ether oxygens (including phenoxy) is 4. The van der Waals surface area contributed by atoms with Crippen molar-refractivity contribution in [3.8, 4) is 17.2 Å². The zero-order chi connectivity index (χ0) is 15.0. The number of methoxy groups -OCH3 is 3. The topological polar surface area (TPSA) is 49.8 Å². The fraction of sp³-hybridized carbons (Fsp3) is 0.400. The third-order valence-electron chi connectivity index (χ3n) is 3.63. The minimum Gasteiger partial charge on any atom is -0.493 e.